The van der Waals surface area contributed by atoms with Crippen molar-refractivity contribution in [2.75, 3.05) is 0 Å². The average molecular weight is 483 g/mol. The normalized spacial score (nSPS) is 11.7. The van der Waals surface area contributed by atoms with Crippen LogP contribution in [0.2, 0.25) is 0 Å². The smallest absolute Gasteiger partial charge is 0.333 e. The molecule has 3 aromatic heterocycles. The van der Waals surface area contributed by atoms with Gasteiger partial charge in [0.25, 0.3) is 5.56 Å². The van der Waals surface area contributed by atoms with E-state index in [4.69, 9.17) is 10.2 Å². The number of aliphatic carboxylic acids is 1. The Morgan fingerprint density at radius 3 is 2.56 bits per heavy atom. The number of hydrogen-bond acceptors (Lipinski definition) is 7. The maximum Gasteiger partial charge on any atom is 0.333 e. The molecule has 10 nitrogen and oxygen atoms in total. The molecule has 1 amide bonds. The van der Waals surface area contributed by atoms with E-state index < -0.39 is 28.7 Å². The summed E-state index contributed by atoms with van der Waals surface area (Å²) in [6.45, 7) is 4.39. The summed E-state index contributed by atoms with van der Waals surface area (Å²) in [5.74, 6) is -1.62. The molecular weight excluding hydrogens is 460 g/mol. The van der Waals surface area contributed by atoms with E-state index >= 15 is 0 Å². The zero-order valence-corrected chi connectivity index (χ0v) is 19.5. The maximum absolute atomic E-state index is 13.5. The van der Waals surface area contributed by atoms with E-state index in [9.17, 15) is 24.3 Å². The van der Waals surface area contributed by atoms with Gasteiger partial charge in [0.1, 0.15) is 16.6 Å². The predicted molar refractivity (Wildman–Crippen MR) is 126 cm³/mol. The fourth-order valence-corrected chi connectivity index (χ4v) is 5.14. The second-order valence-corrected chi connectivity index (χ2v) is 9.28. The average Bonchev–Trinajstić information content (AvgIpc) is 3.41. The van der Waals surface area contributed by atoms with Gasteiger partial charge < -0.3 is 15.3 Å². The predicted octanol–water partition coefficient (Wildman–Crippen LogP) is 2.35. The molecular formula is C23H22N4O6S. The number of amides is 1. The lowest BCUT2D eigenvalue weighted by Crippen LogP contribution is -2.52. The Morgan fingerprint density at radius 1 is 1.24 bits per heavy atom. The Bertz CT molecular complexity index is 1540. The summed E-state index contributed by atoms with van der Waals surface area (Å²) < 4.78 is 7.53. The van der Waals surface area contributed by atoms with Crippen LogP contribution in [0.5, 0.6) is 0 Å². The van der Waals surface area contributed by atoms with Crippen molar-refractivity contribution in [3.05, 3.63) is 74.3 Å². The number of nitrogens with zero attached hydrogens (tertiary/aromatic N) is 3. The van der Waals surface area contributed by atoms with E-state index in [2.05, 4.69) is 4.98 Å². The number of thiophene rings is 1. The van der Waals surface area contributed by atoms with Gasteiger partial charge in [-0.1, -0.05) is 18.2 Å². The number of aryl methyl sites for hydroxylation is 3. The van der Waals surface area contributed by atoms with Gasteiger partial charge in [-0.05, 0) is 44.4 Å². The van der Waals surface area contributed by atoms with Crippen LogP contribution in [-0.2, 0) is 23.3 Å². The summed E-state index contributed by atoms with van der Waals surface area (Å²) in [6.07, 6.45) is 3.13. The molecule has 0 radical (unpaired) electrons. The van der Waals surface area contributed by atoms with Crippen LogP contribution in [0.1, 0.15) is 35.3 Å². The number of carbonyl (C=O) groups excluding carboxylic acids is 1. The van der Waals surface area contributed by atoms with Gasteiger partial charge in [0.2, 0.25) is 11.8 Å². The van der Waals surface area contributed by atoms with Gasteiger partial charge in [0.05, 0.1) is 16.5 Å². The van der Waals surface area contributed by atoms with Crippen molar-refractivity contribution >= 4 is 33.4 Å². The summed E-state index contributed by atoms with van der Waals surface area (Å²) in [4.78, 5) is 55.9. The topological polar surface area (TPSA) is 150 Å². The number of benzene rings is 1. The van der Waals surface area contributed by atoms with E-state index in [-0.39, 0.29) is 18.4 Å². The lowest BCUT2D eigenvalue weighted by molar-refractivity contribution is -0.146. The number of carboxylic acids is 1. The number of carbonyl (C=O) groups is 2. The van der Waals surface area contributed by atoms with Gasteiger partial charge in [-0.25, -0.2) is 19.1 Å². The lowest BCUT2D eigenvalue weighted by Gasteiger charge is -2.23. The first-order valence-electron chi connectivity index (χ1n) is 10.4. The minimum Gasteiger partial charge on any atom is -0.480 e. The number of nitrogens with two attached hydrogens (primary N) is 1. The summed E-state index contributed by atoms with van der Waals surface area (Å²) in [5, 5.41) is 9.97. The van der Waals surface area contributed by atoms with Crippen molar-refractivity contribution in [3.63, 3.8) is 0 Å². The summed E-state index contributed by atoms with van der Waals surface area (Å²) in [6, 6.07) is 6.78. The molecule has 34 heavy (non-hydrogen) atoms. The summed E-state index contributed by atoms with van der Waals surface area (Å²) >= 11 is 1.16. The highest BCUT2D eigenvalue weighted by atomic mass is 32.1. The van der Waals surface area contributed by atoms with Crippen molar-refractivity contribution in [3.8, 4) is 10.8 Å². The second-order valence-electron chi connectivity index (χ2n) is 8.28. The van der Waals surface area contributed by atoms with Crippen LogP contribution in [0.4, 0.5) is 0 Å². The van der Waals surface area contributed by atoms with Gasteiger partial charge in [0, 0.05) is 12.1 Å². The molecule has 3 heterocycles. The third kappa shape index (κ3) is 3.63. The number of fused-ring (bicyclic) bond motifs is 1. The first-order valence-corrected chi connectivity index (χ1v) is 11.2. The molecule has 4 aromatic rings. The quantitative estimate of drug-likeness (QED) is 0.410. The molecule has 0 aliphatic rings. The number of rotatable bonds is 7. The van der Waals surface area contributed by atoms with Crippen molar-refractivity contribution in [2.45, 2.75) is 39.3 Å². The highest BCUT2D eigenvalue weighted by Gasteiger charge is 2.35. The Labute approximate surface area is 196 Å². The largest absolute Gasteiger partial charge is 0.480 e. The third-order valence-corrected chi connectivity index (χ3v) is 7.11. The first kappa shape index (κ1) is 23.2. The molecule has 3 N–H and O–H groups in total. The number of primary amides is 1. The Hall–Kier alpha value is -3.99. The third-order valence-electron chi connectivity index (χ3n) is 5.81. The van der Waals surface area contributed by atoms with Crippen LogP contribution >= 0.6 is 11.3 Å². The van der Waals surface area contributed by atoms with Crippen molar-refractivity contribution in [2.24, 2.45) is 5.73 Å². The van der Waals surface area contributed by atoms with Crippen LogP contribution in [0, 0.1) is 6.92 Å². The first-order chi connectivity index (χ1) is 16.1. The second kappa shape index (κ2) is 8.41. The fraction of sp³-hybridized carbons (Fsp3) is 0.261. The molecule has 11 heteroatoms. The van der Waals surface area contributed by atoms with Crippen LogP contribution in [0.15, 0.2) is 50.7 Å². The van der Waals surface area contributed by atoms with E-state index in [1.807, 2.05) is 0 Å². The van der Waals surface area contributed by atoms with Crippen molar-refractivity contribution < 1.29 is 19.1 Å². The van der Waals surface area contributed by atoms with Crippen molar-refractivity contribution in [1.82, 2.24) is 14.1 Å². The Morgan fingerprint density at radius 2 is 1.94 bits per heavy atom. The molecule has 0 aliphatic carbocycles. The molecule has 0 atom stereocenters. The molecule has 1 aromatic carbocycles. The molecule has 0 saturated carbocycles. The number of oxazole rings is 1. The standard InChI is InChI=1S/C23H22N4O6S/c1-12-15-19(29)27(23(2,3)21(30)31)22(32)26(20(15)34-16(12)18-25-9-11-33-18)10-8-13-6-4-5-7-14(13)17(24)28/h4-7,9,11H,8,10H2,1-3H3,(H2,24,28)(H,30,31). The molecule has 0 unspecified atom stereocenters. The maximum atomic E-state index is 13.5. The molecule has 176 valence electrons. The lowest BCUT2D eigenvalue weighted by atomic mass is 10.0. The van der Waals surface area contributed by atoms with E-state index in [0.717, 1.165) is 15.9 Å². The van der Waals surface area contributed by atoms with Gasteiger partial charge >= 0.3 is 11.7 Å². The fourth-order valence-electron chi connectivity index (χ4n) is 3.88. The molecule has 0 aliphatic heterocycles. The molecule has 4 rings (SSSR count). The van der Waals surface area contributed by atoms with Crippen LogP contribution in [-0.4, -0.2) is 31.1 Å². The van der Waals surface area contributed by atoms with Crippen molar-refractivity contribution in [1.29, 1.82) is 0 Å². The van der Waals surface area contributed by atoms with E-state index in [1.165, 1.54) is 30.9 Å². The highest BCUT2D eigenvalue weighted by molar-refractivity contribution is 7.22. The number of hydrogen-bond donors (Lipinski definition) is 2. The van der Waals surface area contributed by atoms with Gasteiger partial charge in [-0.3, -0.25) is 14.2 Å². The summed E-state index contributed by atoms with van der Waals surface area (Å²) in [5.41, 5.74) is 3.71. The number of carboxylic acid groups (broad SMARTS) is 1. The van der Waals surface area contributed by atoms with Gasteiger partial charge in [-0.2, -0.15) is 0 Å². The SMILES string of the molecule is Cc1c(-c2ncco2)sc2c1c(=O)n(C(C)(C)C(=O)O)c(=O)n2CCc1ccccc1C(N)=O. The van der Waals surface area contributed by atoms with E-state index in [1.54, 1.807) is 31.2 Å². The van der Waals surface area contributed by atoms with Gasteiger partial charge in [-0.15, -0.1) is 11.3 Å². The monoisotopic (exact) mass is 482 g/mol. The minimum atomic E-state index is -1.80. The minimum absolute atomic E-state index is 0.0839. The zero-order chi connectivity index (χ0) is 24.8. The van der Waals surface area contributed by atoms with Crippen LogP contribution in [0.25, 0.3) is 21.0 Å². The molecule has 0 saturated heterocycles. The zero-order valence-electron chi connectivity index (χ0n) is 18.7. The Kier molecular flexibility index (Phi) is 5.74. The molecule has 0 fully saturated rings. The van der Waals surface area contributed by atoms with E-state index in [0.29, 0.717) is 32.3 Å². The highest BCUT2D eigenvalue weighted by Crippen LogP contribution is 2.35. The summed E-state index contributed by atoms with van der Waals surface area (Å²) in [7, 11) is 0. The van der Waals surface area contributed by atoms with Crippen LogP contribution in [0.3, 0.4) is 0 Å². The molecule has 0 bridgehead atoms. The Balaban J connectivity index is 1.99. The number of aromatic nitrogens is 3. The van der Waals surface area contributed by atoms with Crippen LogP contribution < -0.4 is 17.0 Å². The van der Waals surface area contributed by atoms with Gasteiger partial charge in [0.15, 0.2) is 0 Å². The molecule has 0 spiro atoms.